The number of nitrogens with one attached hydrogen (secondary N) is 4. The lowest BCUT2D eigenvalue weighted by Gasteiger charge is -2.33. The molecule has 2 aromatic carbocycles. The fourth-order valence-corrected chi connectivity index (χ4v) is 10.3. The first-order valence-corrected chi connectivity index (χ1v) is 22.7. The van der Waals surface area contributed by atoms with E-state index in [0.717, 1.165) is 29.1 Å². The molecule has 0 radical (unpaired) electrons. The summed E-state index contributed by atoms with van der Waals surface area (Å²) in [7, 11) is 0. The number of carbonyl (C=O) groups excluding carboxylic acids is 6. The first kappa shape index (κ1) is 49.0. The topological polar surface area (TPSA) is 210 Å². The van der Waals surface area contributed by atoms with Crippen LogP contribution in [0.4, 0.5) is 4.79 Å². The van der Waals surface area contributed by atoms with Crippen molar-refractivity contribution in [2.24, 2.45) is 5.92 Å². The van der Waals surface area contributed by atoms with Crippen LogP contribution in [0.3, 0.4) is 0 Å². The molecule has 2 heterocycles. The second kappa shape index (κ2) is 22.5. The molecule has 0 aromatic heterocycles. The molecule has 334 valence electrons. The average Bonchev–Trinajstić information content (AvgIpc) is 3.60. The minimum atomic E-state index is -1.38. The standard InChI is InChI=1S/C44H61N5O10S2/c1-8-13-32(37(51)39(53)45-23-34(50)47-36(41(55)56)30-14-10-9-11-15-30)46-38(52)33-22-44(60-20-12-21-61-44)26-49(33)40(54)35(48-42(57)59-24-27(2)3)28(4)58-25-29-16-18-31(19-17-29)43(5,6)7/h9-11,14-19,27-28,32-33,35-36H,8,12-13,20-26H2,1-7H3,(H,45,53)(H,46,52)(H,47,50)(H,48,57)(H,55,56)/t28-,32?,33+,35+,36+/m1/s1. The van der Waals surface area contributed by atoms with Crippen molar-refractivity contribution in [2.45, 2.75) is 121 Å². The zero-order valence-electron chi connectivity index (χ0n) is 36.1. The van der Waals surface area contributed by atoms with Crippen molar-refractivity contribution in [1.29, 1.82) is 0 Å². The van der Waals surface area contributed by atoms with Gasteiger partial charge in [-0.25, -0.2) is 9.59 Å². The molecule has 0 aliphatic carbocycles. The third-order valence-electron chi connectivity index (χ3n) is 10.3. The Morgan fingerprint density at radius 2 is 1.57 bits per heavy atom. The summed E-state index contributed by atoms with van der Waals surface area (Å²) in [6.07, 6.45) is 0.0391. The van der Waals surface area contributed by atoms with Crippen molar-refractivity contribution in [1.82, 2.24) is 26.2 Å². The number of likely N-dealkylation sites (tertiary alicyclic amines) is 1. The van der Waals surface area contributed by atoms with Gasteiger partial charge in [0.1, 0.15) is 12.1 Å². The van der Waals surface area contributed by atoms with Crippen LogP contribution in [0.5, 0.6) is 0 Å². The number of nitrogens with zero attached hydrogens (tertiary/aromatic N) is 1. The van der Waals surface area contributed by atoms with Gasteiger partial charge in [0, 0.05) is 13.0 Å². The summed E-state index contributed by atoms with van der Waals surface area (Å²) in [5.41, 5.74) is 2.30. The van der Waals surface area contributed by atoms with Crippen molar-refractivity contribution in [2.75, 3.05) is 31.2 Å². The minimum absolute atomic E-state index is 0.0401. The van der Waals surface area contributed by atoms with Crippen LogP contribution in [-0.4, -0.2) is 111 Å². The summed E-state index contributed by atoms with van der Waals surface area (Å²) in [6.45, 7) is 13.4. The molecule has 5 amide bonds. The summed E-state index contributed by atoms with van der Waals surface area (Å²) in [4.78, 5) is 94.8. The quantitative estimate of drug-likeness (QED) is 0.122. The molecule has 1 unspecified atom stereocenters. The number of carbonyl (C=O) groups is 7. The number of ketones is 1. The largest absolute Gasteiger partial charge is 0.479 e. The van der Waals surface area contributed by atoms with Gasteiger partial charge >= 0.3 is 12.1 Å². The van der Waals surface area contributed by atoms with Gasteiger partial charge in [-0.1, -0.05) is 103 Å². The molecule has 17 heteroatoms. The molecule has 15 nitrogen and oxygen atoms in total. The normalized spacial score (nSPS) is 18.0. The number of carboxylic acid groups (broad SMARTS) is 1. The lowest BCUT2D eigenvalue weighted by Crippen LogP contribution is -2.59. The number of benzene rings is 2. The maximum atomic E-state index is 14.8. The van der Waals surface area contributed by atoms with Crippen LogP contribution in [0.25, 0.3) is 0 Å². The molecule has 5 atom stereocenters. The maximum Gasteiger partial charge on any atom is 0.407 e. The van der Waals surface area contributed by atoms with Gasteiger partial charge in [0.15, 0.2) is 6.04 Å². The van der Waals surface area contributed by atoms with E-state index in [9.17, 15) is 38.7 Å². The van der Waals surface area contributed by atoms with Crippen molar-refractivity contribution in [3.63, 3.8) is 0 Å². The molecular formula is C44H61N5O10S2. The Balaban J connectivity index is 1.51. The van der Waals surface area contributed by atoms with Crippen molar-refractivity contribution in [3.05, 3.63) is 71.3 Å². The Hall–Kier alpha value is -4.61. The molecule has 5 N–H and O–H groups in total. The molecule has 2 aliphatic rings. The van der Waals surface area contributed by atoms with E-state index < -0.39 is 82.4 Å². The third-order valence-corrected chi connectivity index (χ3v) is 13.7. The van der Waals surface area contributed by atoms with E-state index in [1.807, 2.05) is 38.1 Å². The van der Waals surface area contributed by atoms with Gasteiger partial charge in [-0.3, -0.25) is 24.0 Å². The lowest BCUT2D eigenvalue weighted by atomic mass is 9.87. The van der Waals surface area contributed by atoms with Gasteiger partial charge in [0.05, 0.1) is 36.0 Å². The summed E-state index contributed by atoms with van der Waals surface area (Å²) >= 11 is 3.33. The predicted molar refractivity (Wildman–Crippen MR) is 235 cm³/mol. The van der Waals surface area contributed by atoms with Crippen LogP contribution >= 0.6 is 23.5 Å². The van der Waals surface area contributed by atoms with Crippen LogP contribution in [-0.2, 0) is 50.3 Å². The number of hydrogen-bond acceptors (Lipinski definition) is 11. The van der Waals surface area contributed by atoms with Crippen LogP contribution < -0.4 is 21.3 Å². The number of Topliss-reactive ketones (excluding diaryl/α,β-unsaturated/α-hetero) is 1. The molecule has 2 fully saturated rings. The Labute approximate surface area is 367 Å². The number of carboxylic acids is 1. The number of rotatable bonds is 19. The summed E-state index contributed by atoms with van der Waals surface area (Å²) in [5.74, 6) is -3.81. The molecule has 0 bridgehead atoms. The molecule has 0 saturated carbocycles. The van der Waals surface area contributed by atoms with Gasteiger partial charge in [-0.2, -0.15) is 0 Å². The monoisotopic (exact) mass is 883 g/mol. The van der Waals surface area contributed by atoms with Crippen LogP contribution in [0, 0.1) is 5.92 Å². The van der Waals surface area contributed by atoms with Crippen molar-refractivity contribution < 1.29 is 48.1 Å². The lowest BCUT2D eigenvalue weighted by molar-refractivity contribution is -0.145. The predicted octanol–water partition coefficient (Wildman–Crippen LogP) is 4.72. The SMILES string of the molecule is CCCC(NC(=O)[C@@H]1CC2(CN1C(=O)[C@@H](NC(=O)OCC(C)C)[C@@H](C)OCc1ccc(C(C)(C)C)cc1)SCCCS2)C(=O)C(=O)NCC(=O)N[C@H](C(=O)O)c1ccccc1. The number of aliphatic carboxylic acids is 1. The number of alkyl carbamates (subject to hydrolysis) is 1. The summed E-state index contributed by atoms with van der Waals surface area (Å²) in [6, 6.07) is 11.0. The highest BCUT2D eigenvalue weighted by atomic mass is 32.2. The number of hydrogen-bond donors (Lipinski definition) is 5. The molecule has 4 rings (SSSR count). The minimum Gasteiger partial charge on any atom is -0.479 e. The highest BCUT2D eigenvalue weighted by molar-refractivity contribution is 8.18. The Morgan fingerprint density at radius 1 is 0.918 bits per heavy atom. The zero-order valence-corrected chi connectivity index (χ0v) is 37.7. The number of ether oxygens (including phenoxy) is 2. The average molecular weight is 884 g/mol. The van der Waals surface area contributed by atoms with Crippen molar-refractivity contribution in [3.8, 4) is 0 Å². The van der Waals surface area contributed by atoms with E-state index in [2.05, 4.69) is 42.0 Å². The smallest absolute Gasteiger partial charge is 0.407 e. The molecule has 2 saturated heterocycles. The number of thioether (sulfide) groups is 2. The van der Waals surface area contributed by atoms with E-state index in [0.29, 0.717) is 12.0 Å². The zero-order chi connectivity index (χ0) is 44.9. The van der Waals surface area contributed by atoms with Gasteiger partial charge < -0.3 is 40.7 Å². The van der Waals surface area contributed by atoms with Crippen molar-refractivity contribution >= 4 is 65.0 Å². The first-order chi connectivity index (χ1) is 28.8. The van der Waals surface area contributed by atoms with Gasteiger partial charge in [-0.15, -0.1) is 23.5 Å². The Kier molecular flexibility index (Phi) is 18.1. The third kappa shape index (κ3) is 14.2. The molecule has 1 spiro atoms. The van der Waals surface area contributed by atoms with Gasteiger partial charge in [0.25, 0.3) is 5.91 Å². The van der Waals surface area contributed by atoms with E-state index in [-0.39, 0.29) is 43.9 Å². The van der Waals surface area contributed by atoms with Gasteiger partial charge in [0.2, 0.25) is 23.5 Å². The van der Waals surface area contributed by atoms with Crippen LogP contribution in [0.2, 0.25) is 0 Å². The van der Waals surface area contributed by atoms with Gasteiger partial charge in [-0.05, 0) is 59.3 Å². The highest BCUT2D eigenvalue weighted by Crippen LogP contribution is 2.50. The van der Waals surface area contributed by atoms with E-state index in [1.54, 1.807) is 55.6 Å². The second-order valence-corrected chi connectivity index (χ2v) is 20.1. The fraction of sp³-hybridized carbons (Fsp3) is 0.568. The highest BCUT2D eigenvalue weighted by Gasteiger charge is 2.52. The molecular weight excluding hydrogens is 823 g/mol. The number of amides is 5. The Morgan fingerprint density at radius 3 is 2.16 bits per heavy atom. The van der Waals surface area contributed by atoms with Crippen LogP contribution in [0.1, 0.15) is 96.9 Å². The summed E-state index contributed by atoms with van der Waals surface area (Å²) in [5, 5.41) is 19.7. The maximum absolute atomic E-state index is 14.8. The molecule has 61 heavy (non-hydrogen) atoms. The summed E-state index contributed by atoms with van der Waals surface area (Å²) < 4.78 is 11.1. The Bertz CT molecular complexity index is 1850. The molecule has 2 aliphatic heterocycles. The van der Waals surface area contributed by atoms with E-state index in [1.165, 1.54) is 17.0 Å². The van der Waals surface area contributed by atoms with E-state index in [4.69, 9.17) is 9.47 Å². The molecule has 2 aromatic rings. The van der Waals surface area contributed by atoms with E-state index >= 15 is 0 Å². The first-order valence-electron chi connectivity index (χ1n) is 20.8. The van der Waals surface area contributed by atoms with Crippen LogP contribution in [0.15, 0.2) is 54.6 Å². The second-order valence-electron chi connectivity index (χ2n) is 16.9. The fourth-order valence-electron chi connectivity index (χ4n) is 6.90.